The van der Waals surface area contributed by atoms with Gasteiger partial charge in [0.05, 0.1) is 12.5 Å². The predicted octanol–water partition coefficient (Wildman–Crippen LogP) is 2.02. The van der Waals surface area contributed by atoms with Gasteiger partial charge in [0.25, 0.3) is 0 Å². The number of aliphatic hydroxyl groups excluding tert-OH is 1. The monoisotopic (exact) mass is 381 g/mol. The van der Waals surface area contributed by atoms with Gasteiger partial charge in [0.1, 0.15) is 11.9 Å². The molecule has 1 amide bonds. The number of carbonyl (C=O) groups is 1. The highest BCUT2D eigenvalue weighted by Crippen LogP contribution is 2.11. The van der Waals surface area contributed by atoms with Crippen molar-refractivity contribution in [1.29, 1.82) is 5.26 Å². The topological polar surface area (TPSA) is 102 Å². The number of nitrogens with zero attached hydrogens (tertiary/aromatic N) is 4. The number of nitrogens with one attached hydrogen (secondary N) is 1. The lowest BCUT2D eigenvalue weighted by atomic mass is 10.0. The summed E-state index contributed by atoms with van der Waals surface area (Å²) in [6, 6.07) is 13.2. The van der Waals surface area contributed by atoms with Crippen LogP contribution < -0.4 is 5.32 Å². The Balaban J connectivity index is 1.78. The highest BCUT2D eigenvalue weighted by Gasteiger charge is 2.14. The van der Waals surface area contributed by atoms with E-state index in [-0.39, 0.29) is 24.7 Å². The molecule has 2 rings (SSSR count). The molecule has 0 bridgehead atoms. The summed E-state index contributed by atoms with van der Waals surface area (Å²) < 4.78 is 0. The van der Waals surface area contributed by atoms with Crippen LogP contribution in [0.3, 0.4) is 0 Å². The van der Waals surface area contributed by atoms with Gasteiger partial charge in [0, 0.05) is 20.1 Å². The van der Waals surface area contributed by atoms with Gasteiger partial charge in [0.2, 0.25) is 5.91 Å². The van der Waals surface area contributed by atoms with Gasteiger partial charge in [-0.25, -0.2) is 0 Å². The summed E-state index contributed by atoms with van der Waals surface area (Å²) in [7, 11) is 1.68. The van der Waals surface area contributed by atoms with Gasteiger partial charge in [-0.15, -0.1) is 10.2 Å². The number of rotatable bonds is 9. The first-order valence-electron chi connectivity index (χ1n) is 9.35. The first-order valence-corrected chi connectivity index (χ1v) is 9.35. The number of hydrogen-bond donors (Lipinski definition) is 2. The molecule has 2 N–H and O–H groups in total. The number of anilines is 1. The van der Waals surface area contributed by atoms with Crippen LogP contribution in [-0.2, 0) is 17.6 Å². The summed E-state index contributed by atoms with van der Waals surface area (Å²) in [4.78, 5) is 13.9. The molecule has 0 aliphatic rings. The van der Waals surface area contributed by atoms with Gasteiger partial charge in [-0.1, -0.05) is 38.1 Å². The van der Waals surface area contributed by atoms with Crippen molar-refractivity contribution in [2.75, 3.05) is 25.5 Å². The molecule has 28 heavy (non-hydrogen) atoms. The van der Waals surface area contributed by atoms with E-state index in [1.165, 1.54) is 10.5 Å². The molecule has 7 heteroatoms. The second-order valence-corrected chi connectivity index (χ2v) is 7.32. The number of hydrogen-bond acceptors (Lipinski definition) is 6. The van der Waals surface area contributed by atoms with E-state index in [1.54, 1.807) is 19.2 Å². The first kappa shape index (κ1) is 21.3. The minimum absolute atomic E-state index is 0.0474. The van der Waals surface area contributed by atoms with E-state index in [9.17, 15) is 9.90 Å². The Morgan fingerprint density at radius 1 is 1.18 bits per heavy atom. The molecule has 7 nitrogen and oxygen atoms in total. The van der Waals surface area contributed by atoms with Crippen molar-refractivity contribution >= 4 is 11.7 Å². The zero-order chi connectivity index (χ0) is 20.5. The maximum absolute atomic E-state index is 12.4. The van der Waals surface area contributed by atoms with E-state index in [4.69, 9.17) is 5.26 Å². The molecule has 1 aromatic heterocycles. The fraction of sp³-hybridized carbons (Fsp3) is 0.429. The minimum Gasteiger partial charge on any atom is -0.389 e. The van der Waals surface area contributed by atoms with E-state index < -0.39 is 6.10 Å². The van der Waals surface area contributed by atoms with E-state index in [1.807, 2.05) is 18.2 Å². The zero-order valence-electron chi connectivity index (χ0n) is 16.6. The number of nitriles is 1. The Morgan fingerprint density at radius 2 is 1.86 bits per heavy atom. The van der Waals surface area contributed by atoms with Crippen LogP contribution in [0.1, 0.15) is 30.7 Å². The second kappa shape index (κ2) is 10.4. The van der Waals surface area contributed by atoms with Crippen LogP contribution in [-0.4, -0.2) is 52.4 Å². The molecule has 0 aliphatic heterocycles. The van der Waals surface area contributed by atoms with Gasteiger partial charge < -0.3 is 15.3 Å². The van der Waals surface area contributed by atoms with Crippen LogP contribution in [0, 0.1) is 17.2 Å². The Morgan fingerprint density at radius 3 is 2.43 bits per heavy atom. The third kappa shape index (κ3) is 6.97. The molecule has 1 heterocycles. The molecule has 0 spiro atoms. The van der Waals surface area contributed by atoms with Gasteiger partial charge in [-0.05, 0) is 35.6 Å². The van der Waals surface area contributed by atoms with Gasteiger partial charge in [-0.3, -0.25) is 4.79 Å². The molecule has 0 saturated heterocycles. The molecule has 1 atom stereocenters. The molecular weight excluding hydrogens is 354 g/mol. The summed E-state index contributed by atoms with van der Waals surface area (Å²) in [5, 5.41) is 29.4. The van der Waals surface area contributed by atoms with Crippen molar-refractivity contribution in [2.45, 2.75) is 32.8 Å². The van der Waals surface area contributed by atoms with Crippen molar-refractivity contribution in [3.05, 3.63) is 53.2 Å². The molecular formula is C21H27N5O2. The standard InChI is InChI=1S/C21H27N5O2/c1-15(2)10-16-4-6-17(7-5-16)11-21(28)26(3)14-19(27)13-23-20-9-8-18(12-22)24-25-20/h4-9,15,19,27H,10-11,13-14H2,1-3H3,(H,23,25). The molecule has 0 radical (unpaired) electrons. The fourth-order valence-electron chi connectivity index (χ4n) is 2.77. The highest BCUT2D eigenvalue weighted by atomic mass is 16.3. The first-order chi connectivity index (χ1) is 13.4. The molecule has 0 fully saturated rings. The molecule has 148 valence electrons. The van der Waals surface area contributed by atoms with Gasteiger partial charge in [0.15, 0.2) is 5.69 Å². The van der Waals surface area contributed by atoms with Crippen molar-refractivity contribution in [2.24, 2.45) is 5.92 Å². The summed E-state index contributed by atoms with van der Waals surface area (Å²) in [5.41, 5.74) is 2.46. The van der Waals surface area contributed by atoms with E-state index in [0.717, 1.165) is 12.0 Å². The summed E-state index contributed by atoms with van der Waals surface area (Å²) >= 11 is 0. The summed E-state index contributed by atoms with van der Waals surface area (Å²) in [5.74, 6) is 1.02. The summed E-state index contributed by atoms with van der Waals surface area (Å²) in [6.45, 7) is 4.80. The van der Waals surface area contributed by atoms with Crippen LogP contribution in [0.25, 0.3) is 0 Å². The second-order valence-electron chi connectivity index (χ2n) is 7.32. The quantitative estimate of drug-likeness (QED) is 0.689. The lowest BCUT2D eigenvalue weighted by molar-refractivity contribution is -0.130. The minimum atomic E-state index is -0.750. The maximum Gasteiger partial charge on any atom is 0.226 e. The van der Waals surface area contributed by atoms with Crippen molar-refractivity contribution in [1.82, 2.24) is 15.1 Å². The van der Waals surface area contributed by atoms with Crippen molar-refractivity contribution in [3.8, 4) is 6.07 Å². The molecule has 1 aromatic carbocycles. The Labute approximate surface area is 166 Å². The number of carbonyl (C=O) groups excluding carboxylic acids is 1. The number of benzene rings is 1. The normalized spacial score (nSPS) is 11.7. The molecule has 1 unspecified atom stereocenters. The Kier molecular flexibility index (Phi) is 7.90. The molecule has 2 aromatic rings. The molecule has 0 aliphatic carbocycles. The maximum atomic E-state index is 12.4. The zero-order valence-corrected chi connectivity index (χ0v) is 16.6. The third-order valence-electron chi connectivity index (χ3n) is 4.23. The third-order valence-corrected chi connectivity index (χ3v) is 4.23. The van der Waals surface area contributed by atoms with Crippen LogP contribution in [0.2, 0.25) is 0 Å². The lowest BCUT2D eigenvalue weighted by Gasteiger charge is -2.21. The van der Waals surface area contributed by atoms with Gasteiger partial charge >= 0.3 is 0 Å². The smallest absolute Gasteiger partial charge is 0.226 e. The number of aromatic nitrogens is 2. The van der Waals surface area contributed by atoms with E-state index in [2.05, 4.69) is 41.5 Å². The fourth-order valence-corrected chi connectivity index (χ4v) is 2.77. The highest BCUT2D eigenvalue weighted by molar-refractivity contribution is 5.78. The number of likely N-dealkylation sites (N-methyl/N-ethyl adjacent to an activating group) is 1. The Hall–Kier alpha value is -2.98. The lowest BCUT2D eigenvalue weighted by Crippen LogP contribution is -2.38. The SMILES string of the molecule is CC(C)Cc1ccc(CC(=O)N(C)CC(O)CNc2ccc(C#N)nn2)cc1. The number of amides is 1. The Bertz CT molecular complexity index is 797. The summed E-state index contributed by atoms with van der Waals surface area (Å²) in [6.07, 6.45) is 0.580. The van der Waals surface area contributed by atoms with Crippen molar-refractivity contribution in [3.63, 3.8) is 0 Å². The number of aliphatic hydroxyl groups is 1. The van der Waals surface area contributed by atoms with Crippen LogP contribution in [0.5, 0.6) is 0 Å². The van der Waals surface area contributed by atoms with Crippen molar-refractivity contribution < 1.29 is 9.90 Å². The van der Waals surface area contributed by atoms with E-state index in [0.29, 0.717) is 18.2 Å². The average molecular weight is 381 g/mol. The van der Waals surface area contributed by atoms with Crippen LogP contribution in [0.4, 0.5) is 5.82 Å². The van der Waals surface area contributed by atoms with Crippen LogP contribution >= 0.6 is 0 Å². The molecule has 0 saturated carbocycles. The van der Waals surface area contributed by atoms with E-state index >= 15 is 0 Å². The largest absolute Gasteiger partial charge is 0.389 e. The van der Waals surface area contributed by atoms with Gasteiger partial charge in [-0.2, -0.15) is 5.26 Å². The van der Waals surface area contributed by atoms with Crippen LogP contribution in [0.15, 0.2) is 36.4 Å². The average Bonchev–Trinajstić information content (AvgIpc) is 2.67. The predicted molar refractivity (Wildman–Crippen MR) is 108 cm³/mol.